The van der Waals surface area contributed by atoms with Crippen molar-refractivity contribution in [1.29, 1.82) is 0 Å². The highest BCUT2D eigenvalue weighted by Gasteiger charge is 2.18. The Labute approximate surface area is 138 Å². The summed E-state index contributed by atoms with van der Waals surface area (Å²) in [7, 11) is 0. The van der Waals surface area contributed by atoms with E-state index in [4.69, 9.17) is 0 Å². The van der Waals surface area contributed by atoms with E-state index < -0.39 is 0 Å². The Morgan fingerprint density at radius 2 is 2.17 bits per heavy atom. The van der Waals surface area contributed by atoms with Crippen LogP contribution in [0.5, 0.6) is 0 Å². The highest BCUT2D eigenvalue weighted by atomic mass is 16.2. The molecule has 1 N–H and O–H groups in total. The summed E-state index contributed by atoms with van der Waals surface area (Å²) in [6.45, 7) is 7.37. The molecule has 128 valence electrons. The van der Waals surface area contributed by atoms with E-state index in [1.807, 2.05) is 22.6 Å². The van der Waals surface area contributed by atoms with Gasteiger partial charge in [0.15, 0.2) is 0 Å². The van der Waals surface area contributed by atoms with Gasteiger partial charge in [-0.25, -0.2) is 4.68 Å². The normalized spacial score (nSPS) is 17.0. The molecule has 1 aliphatic rings. The molecule has 1 aromatic rings. The van der Waals surface area contributed by atoms with E-state index in [1.54, 1.807) is 0 Å². The third-order valence-corrected chi connectivity index (χ3v) is 4.41. The first-order chi connectivity index (χ1) is 11.0. The number of carbonyl (C=O) groups excluding carboxylic acids is 2. The summed E-state index contributed by atoms with van der Waals surface area (Å²) in [5.74, 6) is 0.853. The number of aromatic nitrogens is 2. The first-order valence-electron chi connectivity index (χ1n) is 8.65. The molecule has 2 heterocycles. The molecule has 0 bridgehead atoms. The number of nitrogens with zero attached hydrogens (tertiary/aromatic N) is 3. The molecule has 1 aromatic heterocycles. The van der Waals surface area contributed by atoms with Crippen molar-refractivity contribution in [2.45, 2.75) is 65.3 Å². The lowest BCUT2D eigenvalue weighted by Crippen LogP contribution is -2.33. The molecule has 1 fully saturated rings. The average Bonchev–Trinajstić information content (AvgIpc) is 2.75. The second-order valence-corrected chi connectivity index (χ2v) is 6.36. The number of hydrogen-bond acceptors (Lipinski definition) is 3. The van der Waals surface area contributed by atoms with Gasteiger partial charge in [-0.1, -0.05) is 13.3 Å². The first kappa shape index (κ1) is 17.5. The number of rotatable bonds is 6. The lowest BCUT2D eigenvalue weighted by molar-refractivity contribution is -0.131. The summed E-state index contributed by atoms with van der Waals surface area (Å²) in [6, 6.07) is 2.13. The van der Waals surface area contributed by atoms with Gasteiger partial charge in [-0.15, -0.1) is 0 Å². The molecule has 1 unspecified atom stereocenters. The first-order valence-corrected chi connectivity index (χ1v) is 8.65. The topological polar surface area (TPSA) is 67.2 Å². The van der Waals surface area contributed by atoms with Gasteiger partial charge in [-0.3, -0.25) is 9.59 Å². The molecular formula is C17H28N4O2. The Morgan fingerprint density at radius 3 is 2.91 bits per heavy atom. The largest absolute Gasteiger partial charge is 0.342 e. The zero-order valence-corrected chi connectivity index (χ0v) is 14.5. The third-order valence-electron chi connectivity index (χ3n) is 4.41. The second-order valence-electron chi connectivity index (χ2n) is 6.36. The lowest BCUT2D eigenvalue weighted by atomic mass is 10.2. The van der Waals surface area contributed by atoms with Crippen LogP contribution in [-0.4, -0.2) is 39.6 Å². The summed E-state index contributed by atoms with van der Waals surface area (Å²) in [4.78, 5) is 26.0. The standard InChI is InChI=1S/C17H28N4O2/c1-4-14(3)21-15(12-13(2)19-21)18-16(22)9-11-20-10-7-5-6-8-17(20)23/h12,14H,4-11H2,1-3H3,(H,18,22). The predicted octanol–water partition coefficient (Wildman–Crippen LogP) is 2.89. The zero-order chi connectivity index (χ0) is 16.8. The van der Waals surface area contributed by atoms with Crippen molar-refractivity contribution in [3.63, 3.8) is 0 Å². The number of hydrogen-bond donors (Lipinski definition) is 1. The molecule has 1 aliphatic heterocycles. The molecule has 0 radical (unpaired) electrons. The molecule has 6 heteroatoms. The molecule has 1 atom stereocenters. The summed E-state index contributed by atoms with van der Waals surface area (Å²) in [6.07, 6.45) is 4.99. The van der Waals surface area contributed by atoms with Crippen molar-refractivity contribution in [1.82, 2.24) is 14.7 Å². The maximum absolute atomic E-state index is 12.2. The number of likely N-dealkylation sites (tertiary alicyclic amines) is 1. The molecule has 2 rings (SSSR count). The predicted molar refractivity (Wildman–Crippen MR) is 90.3 cm³/mol. The van der Waals surface area contributed by atoms with E-state index in [0.29, 0.717) is 19.4 Å². The Morgan fingerprint density at radius 1 is 1.39 bits per heavy atom. The van der Waals surface area contributed by atoms with Crippen LogP contribution < -0.4 is 5.32 Å². The second kappa shape index (κ2) is 8.13. The van der Waals surface area contributed by atoms with Crippen molar-refractivity contribution in [3.8, 4) is 0 Å². The maximum atomic E-state index is 12.2. The van der Waals surface area contributed by atoms with E-state index >= 15 is 0 Å². The molecule has 0 saturated carbocycles. The van der Waals surface area contributed by atoms with Crippen LogP contribution in [0.3, 0.4) is 0 Å². The Hall–Kier alpha value is -1.85. The van der Waals surface area contributed by atoms with Crippen LogP contribution in [-0.2, 0) is 9.59 Å². The molecule has 0 aromatic carbocycles. The van der Waals surface area contributed by atoms with Crippen LogP contribution in [0.15, 0.2) is 6.07 Å². The van der Waals surface area contributed by atoms with Crippen LogP contribution >= 0.6 is 0 Å². The van der Waals surface area contributed by atoms with Gasteiger partial charge in [0.1, 0.15) is 5.82 Å². The number of carbonyl (C=O) groups is 2. The van der Waals surface area contributed by atoms with Crippen LogP contribution in [0.4, 0.5) is 5.82 Å². The van der Waals surface area contributed by atoms with E-state index in [2.05, 4.69) is 24.3 Å². The summed E-state index contributed by atoms with van der Waals surface area (Å²) in [5, 5.41) is 7.39. The minimum Gasteiger partial charge on any atom is -0.342 e. The van der Waals surface area contributed by atoms with Crippen LogP contribution in [0, 0.1) is 6.92 Å². The molecule has 23 heavy (non-hydrogen) atoms. The van der Waals surface area contributed by atoms with Gasteiger partial charge in [-0.05, 0) is 33.1 Å². The highest BCUT2D eigenvalue weighted by Crippen LogP contribution is 2.19. The minimum atomic E-state index is -0.0634. The third kappa shape index (κ3) is 4.81. The number of aryl methyl sites for hydroxylation is 1. The minimum absolute atomic E-state index is 0.0634. The van der Waals surface area contributed by atoms with Gasteiger partial charge in [0.05, 0.1) is 11.7 Å². The zero-order valence-electron chi connectivity index (χ0n) is 14.5. The maximum Gasteiger partial charge on any atom is 0.227 e. The van der Waals surface area contributed by atoms with Crippen molar-refractivity contribution >= 4 is 17.6 Å². The van der Waals surface area contributed by atoms with Crippen molar-refractivity contribution in [2.75, 3.05) is 18.4 Å². The Kier molecular flexibility index (Phi) is 6.19. The van der Waals surface area contributed by atoms with E-state index in [9.17, 15) is 9.59 Å². The molecular weight excluding hydrogens is 292 g/mol. The molecule has 0 spiro atoms. The van der Waals surface area contributed by atoms with Crippen LogP contribution in [0.1, 0.15) is 64.1 Å². The fourth-order valence-electron chi connectivity index (χ4n) is 2.84. The van der Waals surface area contributed by atoms with Crippen LogP contribution in [0.25, 0.3) is 0 Å². The van der Waals surface area contributed by atoms with Gasteiger partial charge in [0.2, 0.25) is 11.8 Å². The lowest BCUT2D eigenvalue weighted by Gasteiger charge is -2.20. The van der Waals surface area contributed by atoms with Crippen molar-refractivity contribution in [3.05, 3.63) is 11.8 Å². The fraction of sp³-hybridized carbons (Fsp3) is 0.706. The monoisotopic (exact) mass is 320 g/mol. The summed E-state index contributed by atoms with van der Waals surface area (Å²) >= 11 is 0. The van der Waals surface area contributed by atoms with Crippen molar-refractivity contribution < 1.29 is 9.59 Å². The quantitative estimate of drug-likeness (QED) is 0.876. The van der Waals surface area contributed by atoms with E-state index in [-0.39, 0.29) is 17.9 Å². The average molecular weight is 320 g/mol. The number of amides is 2. The summed E-state index contributed by atoms with van der Waals surface area (Å²) < 4.78 is 1.87. The summed E-state index contributed by atoms with van der Waals surface area (Å²) in [5.41, 5.74) is 0.892. The van der Waals surface area contributed by atoms with Gasteiger partial charge in [0, 0.05) is 32.0 Å². The van der Waals surface area contributed by atoms with Gasteiger partial charge in [-0.2, -0.15) is 5.10 Å². The van der Waals surface area contributed by atoms with E-state index in [0.717, 1.165) is 43.7 Å². The Bertz CT molecular complexity index is 553. The molecule has 0 aliphatic carbocycles. The fourth-order valence-corrected chi connectivity index (χ4v) is 2.84. The molecule has 6 nitrogen and oxygen atoms in total. The van der Waals surface area contributed by atoms with Gasteiger partial charge >= 0.3 is 0 Å². The van der Waals surface area contributed by atoms with Gasteiger partial charge in [0.25, 0.3) is 0 Å². The molecule has 1 saturated heterocycles. The highest BCUT2D eigenvalue weighted by molar-refractivity contribution is 5.90. The van der Waals surface area contributed by atoms with Gasteiger partial charge < -0.3 is 10.2 Å². The Balaban J connectivity index is 1.91. The molecule has 2 amide bonds. The van der Waals surface area contributed by atoms with Crippen LogP contribution in [0.2, 0.25) is 0 Å². The van der Waals surface area contributed by atoms with Crippen molar-refractivity contribution in [2.24, 2.45) is 0 Å². The smallest absolute Gasteiger partial charge is 0.227 e. The van der Waals surface area contributed by atoms with E-state index in [1.165, 1.54) is 0 Å². The number of anilines is 1. The SMILES string of the molecule is CCC(C)n1nc(C)cc1NC(=O)CCN1CCCCCC1=O. The number of nitrogens with one attached hydrogen (secondary N) is 1.